The number of nitrogens with one attached hydrogen (secondary N) is 1. The molecule has 152 valence electrons. The summed E-state index contributed by atoms with van der Waals surface area (Å²) in [6.07, 6.45) is 7.36. The minimum absolute atomic E-state index is 0.180. The van der Waals surface area contributed by atoms with Crippen LogP contribution in [0.5, 0.6) is 5.75 Å². The number of hydrogen-bond donors (Lipinski definition) is 2. The lowest BCUT2D eigenvalue weighted by atomic mass is 9.96. The third-order valence-corrected chi connectivity index (χ3v) is 6.74. The lowest BCUT2D eigenvalue weighted by Crippen LogP contribution is -2.25. The number of hydrogen-bond acceptors (Lipinski definition) is 7. The van der Waals surface area contributed by atoms with Crippen LogP contribution in [0.2, 0.25) is 0 Å². The van der Waals surface area contributed by atoms with E-state index in [4.69, 9.17) is 4.74 Å². The van der Waals surface area contributed by atoms with Gasteiger partial charge < -0.3 is 15.2 Å². The first-order valence-corrected chi connectivity index (χ1v) is 11.1. The van der Waals surface area contributed by atoms with E-state index in [2.05, 4.69) is 21.4 Å². The number of anilines is 2. The zero-order valence-electron chi connectivity index (χ0n) is 16.5. The molecule has 0 aliphatic heterocycles. The molecule has 2 aliphatic rings. The molecule has 3 aromatic rings. The van der Waals surface area contributed by atoms with Gasteiger partial charge >= 0.3 is 0 Å². The normalized spacial score (nSPS) is 18.2. The Kier molecular flexibility index (Phi) is 5.11. The van der Waals surface area contributed by atoms with E-state index in [1.54, 1.807) is 23.6 Å². The maximum Gasteiger partial charge on any atom is 0.188 e. The molecular formula is C23H22N4O2S. The number of aromatic nitrogens is 2. The smallest absolute Gasteiger partial charge is 0.188 e. The van der Waals surface area contributed by atoms with Crippen molar-refractivity contribution < 1.29 is 9.84 Å². The highest BCUT2D eigenvalue weighted by Crippen LogP contribution is 2.41. The van der Waals surface area contributed by atoms with E-state index in [0.29, 0.717) is 17.1 Å². The molecule has 0 saturated heterocycles. The van der Waals surface area contributed by atoms with Gasteiger partial charge in [0, 0.05) is 16.6 Å². The minimum Gasteiger partial charge on any atom is -0.486 e. The summed E-state index contributed by atoms with van der Waals surface area (Å²) >= 11 is 1.57. The van der Waals surface area contributed by atoms with Crippen molar-refractivity contribution >= 4 is 22.3 Å². The van der Waals surface area contributed by atoms with Gasteiger partial charge in [-0.2, -0.15) is 5.26 Å². The zero-order chi connectivity index (χ0) is 20.5. The maximum absolute atomic E-state index is 10.2. The molecule has 1 aromatic carbocycles. The van der Waals surface area contributed by atoms with Crippen LogP contribution in [0.15, 0.2) is 36.5 Å². The summed E-state index contributed by atoms with van der Waals surface area (Å²) in [5, 5.41) is 23.6. The highest BCUT2D eigenvalue weighted by Gasteiger charge is 2.26. The highest BCUT2D eigenvalue weighted by molar-refractivity contribution is 7.15. The Balaban J connectivity index is 1.53. The average Bonchev–Trinajstić information content (AvgIpc) is 3.15. The fourth-order valence-corrected chi connectivity index (χ4v) is 4.90. The van der Waals surface area contributed by atoms with Crippen molar-refractivity contribution in [2.45, 2.75) is 50.7 Å². The number of nitriles is 1. The molecule has 1 atom stereocenters. The third kappa shape index (κ3) is 3.64. The number of aliphatic hydroxyl groups excluding tert-OH is 1. The van der Waals surface area contributed by atoms with Gasteiger partial charge in [0.2, 0.25) is 0 Å². The van der Waals surface area contributed by atoms with Gasteiger partial charge in [-0.05, 0) is 62.3 Å². The van der Waals surface area contributed by atoms with Crippen molar-refractivity contribution in [1.29, 1.82) is 5.26 Å². The van der Waals surface area contributed by atoms with Gasteiger partial charge in [0.05, 0.1) is 29.5 Å². The maximum atomic E-state index is 10.2. The molecule has 7 heteroatoms. The summed E-state index contributed by atoms with van der Waals surface area (Å²) in [6, 6.07) is 11.6. The van der Waals surface area contributed by atoms with Crippen LogP contribution in [0.4, 0.5) is 10.9 Å². The summed E-state index contributed by atoms with van der Waals surface area (Å²) in [6.45, 7) is 0. The predicted octanol–water partition coefficient (Wildman–Crippen LogP) is 5.12. The standard InChI is InChI=1S/C23H22N4O2S/c24-13-14-4-1-5-15(12-14)17-10-11-25-22(21(17)29-16-6-2-7-16)27-23-26-20-18(28)8-3-9-19(20)30-23/h1,4-5,10-12,16,18,28H,2-3,6-9H2,(H,25,26,27). The first-order valence-electron chi connectivity index (χ1n) is 10.3. The molecule has 2 N–H and O–H groups in total. The van der Waals surface area contributed by atoms with E-state index in [9.17, 15) is 10.4 Å². The Morgan fingerprint density at radius 2 is 2.10 bits per heavy atom. The zero-order valence-corrected chi connectivity index (χ0v) is 17.3. The van der Waals surface area contributed by atoms with E-state index in [1.165, 1.54) is 6.42 Å². The number of ether oxygens (including phenoxy) is 1. The van der Waals surface area contributed by atoms with E-state index >= 15 is 0 Å². The lowest BCUT2D eigenvalue weighted by Gasteiger charge is -2.28. The van der Waals surface area contributed by atoms with Crippen LogP contribution in [-0.2, 0) is 6.42 Å². The first-order chi connectivity index (χ1) is 14.7. The van der Waals surface area contributed by atoms with Crippen molar-refractivity contribution in [3.63, 3.8) is 0 Å². The van der Waals surface area contributed by atoms with Crippen LogP contribution in [-0.4, -0.2) is 21.2 Å². The van der Waals surface area contributed by atoms with Crippen LogP contribution < -0.4 is 10.1 Å². The van der Waals surface area contributed by atoms with Crippen LogP contribution in [0, 0.1) is 11.3 Å². The monoisotopic (exact) mass is 418 g/mol. The molecule has 1 unspecified atom stereocenters. The van der Waals surface area contributed by atoms with E-state index < -0.39 is 6.10 Å². The molecule has 1 saturated carbocycles. The lowest BCUT2D eigenvalue weighted by molar-refractivity contribution is 0.121. The number of fused-ring (bicyclic) bond motifs is 1. The number of thiazole rings is 1. The molecule has 6 nitrogen and oxygen atoms in total. The van der Waals surface area contributed by atoms with Crippen molar-refractivity contribution in [2.24, 2.45) is 0 Å². The quantitative estimate of drug-likeness (QED) is 0.597. The molecule has 2 aliphatic carbocycles. The van der Waals surface area contributed by atoms with Gasteiger partial charge in [-0.1, -0.05) is 12.1 Å². The van der Waals surface area contributed by atoms with Crippen molar-refractivity contribution in [3.8, 4) is 22.9 Å². The van der Waals surface area contributed by atoms with Crippen molar-refractivity contribution in [1.82, 2.24) is 9.97 Å². The summed E-state index contributed by atoms with van der Waals surface area (Å²) in [7, 11) is 0. The molecule has 1 fully saturated rings. The highest BCUT2D eigenvalue weighted by atomic mass is 32.1. The SMILES string of the molecule is N#Cc1cccc(-c2ccnc(Nc3nc4c(s3)CCCC4O)c2OC2CCC2)c1. The van der Waals surface area contributed by atoms with Gasteiger partial charge in [-0.25, -0.2) is 9.97 Å². The number of pyridine rings is 1. The third-order valence-electron chi connectivity index (χ3n) is 5.69. The molecule has 5 rings (SSSR count). The molecule has 30 heavy (non-hydrogen) atoms. The number of nitrogens with zero attached hydrogens (tertiary/aromatic N) is 3. The van der Waals surface area contributed by atoms with Gasteiger partial charge in [0.15, 0.2) is 16.7 Å². The second-order valence-corrected chi connectivity index (χ2v) is 8.84. The molecule has 0 spiro atoms. The molecule has 0 radical (unpaired) electrons. The Hall–Kier alpha value is -2.95. The Morgan fingerprint density at radius 3 is 2.87 bits per heavy atom. The second-order valence-electron chi connectivity index (χ2n) is 7.76. The number of aryl methyl sites for hydroxylation is 1. The predicted molar refractivity (Wildman–Crippen MR) is 116 cm³/mol. The van der Waals surface area contributed by atoms with Gasteiger partial charge in [0.25, 0.3) is 0 Å². The Bertz CT molecular complexity index is 1120. The topological polar surface area (TPSA) is 91.1 Å². The van der Waals surface area contributed by atoms with Crippen molar-refractivity contribution in [2.75, 3.05) is 5.32 Å². The summed E-state index contributed by atoms with van der Waals surface area (Å²) in [5.74, 6) is 1.30. The fourth-order valence-electron chi connectivity index (χ4n) is 3.85. The number of rotatable bonds is 5. The molecule has 0 amide bonds. The largest absolute Gasteiger partial charge is 0.486 e. The van der Waals surface area contributed by atoms with Crippen LogP contribution in [0.25, 0.3) is 11.1 Å². The molecule has 2 heterocycles. The summed E-state index contributed by atoms with van der Waals surface area (Å²) < 4.78 is 6.36. The molecular weight excluding hydrogens is 396 g/mol. The van der Waals surface area contributed by atoms with E-state index in [-0.39, 0.29) is 6.10 Å². The molecule has 2 aromatic heterocycles. The van der Waals surface area contributed by atoms with Crippen molar-refractivity contribution in [3.05, 3.63) is 52.7 Å². The van der Waals surface area contributed by atoms with Crippen LogP contribution >= 0.6 is 11.3 Å². The van der Waals surface area contributed by atoms with Crippen LogP contribution in [0.3, 0.4) is 0 Å². The van der Waals surface area contributed by atoms with E-state index in [1.807, 2.05) is 24.3 Å². The minimum atomic E-state index is -0.487. The van der Waals surface area contributed by atoms with Gasteiger partial charge in [-0.3, -0.25) is 0 Å². The summed E-state index contributed by atoms with van der Waals surface area (Å²) in [4.78, 5) is 10.3. The first kappa shape index (κ1) is 19.0. The number of aliphatic hydroxyl groups is 1. The summed E-state index contributed by atoms with van der Waals surface area (Å²) in [5.41, 5.74) is 3.21. The van der Waals surface area contributed by atoms with E-state index in [0.717, 1.165) is 58.9 Å². The molecule has 0 bridgehead atoms. The van der Waals surface area contributed by atoms with Gasteiger partial charge in [-0.15, -0.1) is 11.3 Å². The van der Waals surface area contributed by atoms with Crippen LogP contribution in [0.1, 0.15) is 54.3 Å². The average molecular weight is 419 g/mol. The number of benzene rings is 1. The fraction of sp³-hybridized carbons (Fsp3) is 0.348. The second kappa shape index (κ2) is 8.05. The Labute approximate surface area is 179 Å². The Morgan fingerprint density at radius 1 is 1.20 bits per heavy atom. The van der Waals surface area contributed by atoms with Gasteiger partial charge in [0.1, 0.15) is 0 Å².